The second kappa shape index (κ2) is 5.53. The summed E-state index contributed by atoms with van der Waals surface area (Å²) in [7, 11) is -3.86. The molecule has 0 unspecified atom stereocenters. The third kappa shape index (κ3) is 5.21. The van der Waals surface area contributed by atoms with Crippen LogP contribution in [0.3, 0.4) is 0 Å². The van der Waals surface area contributed by atoms with Gasteiger partial charge in [0.15, 0.2) is 0 Å². The SMILES string of the molecule is CC(=O)OS(=O)(=O)CCOc1ccc(N)cc1. The van der Waals surface area contributed by atoms with E-state index in [1.54, 1.807) is 24.3 Å². The van der Waals surface area contributed by atoms with E-state index in [9.17, 15) is 13.2 Å². The largest absolute Gasteiger partial charge is 0.492 e. The Balaban J connectivity index is 2.42. The minimum absolute atomic E-state index is 0.0977. The standard InChI is InChI=1S/C10H13NO5S/c1-8(12)16-17(13,14)7-6-15-10-4-2-9(11)3-5-10/h2-5H,6-7,11H2,1H3. The Morgan fingerprint density at radius 3 is 2.41 bits per heavy atom. The minimum Gasteiger partial charge on any atom is -0.492 e. The first-order chi connectivity index (χ1) is 7.89. The number of carbonyl (C=O) groups is 1. The summed E-state index contributed by atoms with van der Waals surface area (Å²) in [6, 6.07) is 6.51. The first-order valence-corrected chi connectivity index (χ1v) is 6.38. The molecule has 1 aromatic carbocycles. The first-order valence-electron chi connectivity index (χ1n) is 4.80. The van der Waals surface area contributed by atoms with Crippen LogP contribution in [0.15, 0.2) is 24.3 Å². The second-order valence-corrected chi connectivity index (χ2v) is 4.94. The van der Waals surface area contributed by atoms with Gasteiger partial charge in [0.25, 0.3) is 0 Å². The fourth-order valence-corrected chi connectivity index (χ4v) is 1.77. The highest BCUT2D eigenvalue weighted by Crippen LogP contribution is 2.13. The van der Waals surface area contributed by atoms with Crippen molar-refractivity contribution in [3.8, 4) is 5.75 Å². The number of nitrogens with two attached hydrogens (primary N) is 1. The quantitative estimate of drug-likeness (QED) is 0.612. The molecular formula is C10H13NO5S. The van der Waals surface area contributed by atoms with Gasteiger partial charge in [0, 0.05) is 12.6 Å². The number of nitrogen functional groups attached to an aromatic ring is 1. The highest BCUT2D eigenvalue weighted by atomic mass is 32.2. The average molecular weight is 259 g/mol. The summed E-state index contributed by atoms with van der Waals surface area (Å²) in [6.07, 6.45) is 0. The number of anilines is 1. The van der Waals surface area contributed by atoms with E-state index < -0.39 is 21.8 Å². The summed E-state index contributed by atoms with van der Waals surface area (Å²) in [6.45, 7) is 0.928. The zero-order chi connectivity index (χ0) is 12.9. The molecule has 0 radical (unpaired) electrons. The zero-order valence-corrected chi connectivity index (χ0v) is 10.1. The summed E-state index contributed by atoms with van der Waals surface area (Å²) in [5, 5.41) is 0. The van der Waals surface area contributed by atoms with Crippen LogP contribution in [0.2, 0.25) is 0 Å². The van der Waals surface area contributed by atoms with Crippen molar-refractivity contribution in [1.82, 2.24) is 0 Å². The van der Waals surface area contributed by atoms with Gasteiger partial charge in [0.2, 0.25) is 0 Å². The van der Waals surface area contributed by atoms with Crippen LogP contribution in [0.25, 0.3) is 0 Å². The van der Waals surface area contributed by atoms with Crippen molar-refractivity contribution in [3.05, 3.63) is 24.3 Å². The second-order valence-electron chi connectivity index (χ2n) is 3.25. The Bertz CT molecular complexity index is 480. The van der Waals surface area contributed by atoms with Crippen LogP contribution in [0.5, 0.6) is 5.75 Å². The van der Waals surface area contributed by atoms with Gasteiger partial charge in [0.05, 0.1) is 0 Å². The Kier molecular flexibility index (Phi) is 4.33. The summed E-state index contributed by atoms with van der Waals surface area (Å²) < 4.78 is 31.6. The maximum absolute atomic E-state index is 11.1. The van der Waals surface area contributed by atoms with E-state index in [0.717, 1.165) is 6.92 Å². The Morgan fingerprint density at radius 2 is 1.88 bits per heavy atom. The monoisotopic (exact) mass is 259 g/mol. The molecule has 0 amide bonds. The van der Waals surface area contributed by atoms with Crippen molar-refractivity contribution >= 4 is 21.8 Å². The van der Waals surface area contributed by atoms with E-state index in [-0.39, 0.29) is 6.61 Å². The molecule has 17 heavy (non-hydrogen) atoms. The van der Waals surface area contributed by atoms with Crippen LogP contribution in [0, 0.1) is 0 Å². The molecule has 6 nitrogen and oxygen atoms in total. The molecule has 1 aromatic rings. The molecule has 0 aliphatic carbocycles. The zero-order valence-electron chi connectivity index (χ0n) is 9.25. The lowest BCUT2D eigenvalue weighted by atomic mass is 10.3. The molecule has 0 heterocycles. The molecule has 0 bridgehead atoms. The molecule has 1 rings (SSSR count). The lowest BCUT2D eigenvalue weighted by Gasteiger charge is -2.06. The van der Waals surface area contributed by atoms with Gasteiger partial charge in [-0.1, -0.05) is 0 Å². The molecule has 0 aliphatic heterocycles. The smallest absolute Gasteiger partial charge is 0.319 e. The number of hydrogen-bond acceptors (Lipinski definition) is 6. The maximum Gasteiger partial charge on any atom is 0.319 e. The molecule has 7 heteroatoms. The number of ether oxygens (including phenoxy) is 1. The first kappa shape index (κ1) is 13.3. The maximum atomic E-state index is 11.1. The van der Waals surface area contributed by atoms with Crippen molar-refractivity contribution in [3.63, 3.8) is 0 Å². The third-order valence-corrected chi connectivity index (χ3v) is 2.88. The molecule has 0 saturated heterocycles. The van der Waals surface area contributed by atoms with Gasteiger partial charge in [0.1, 0.15) is 18.1 Å². The van der Waals surface area contributed by atoms with Crippen molar-refractivity contribution in [2.45, 2.75) is 6.92 Å². The molecular weight excluding hydrogens is 246 g/mol. The number of benzene rings is 1. The summed E-state index contributed by atoms with van der Waals surface area (Å²) >= 11 is 0. The summed E-state index contributed by atoms with van der Waals surface area (Å²) in [5.74, 6) is -0.758. The van der Waals surface area contributed by atoms with Gasteiger partial charge >= 0.3 is 16.1 Å². The Labute approximate surface area is 99.5 Å². The van der Waals surface area contributed by atoms with Gasteiger partial charge in [-0.3, -0.25) is 4.79 Å². The molecule has 0 aliphatic rings. The number of rotatable bonds is 5. The van der Waals surface area contributed by atoms with Crippen LogP contribution < -0.4 is 10.5 Å². The molecule has 0 fully saturated rings. The predicted octanol–water partition coefficient (Wildman–Crippen LogP) is 0.541. The van der Waals surface area contributed by atoms with Crippen LogP contribution in [0.4, 0.5) is 5.69 Å². The van der Waals surface area contributed by atoms with Crippen LogP contribution >= 0.6 is 0 Å². The van der Waals surface area contributed by atoms with E-state index in [1.807, 2.05) is 0 Å². The van der Waals surface area contributed by atoms with Crippen LogP contribution in [-0.4, -0.2) is 26.7 Å². The molecule has 0 spiro atoms. The molecule has 0 atom stereocenters. The summed E-state index contributed by atoms with van der Waals surface area (Å²) in [5.41, 5.74) is 6.06. The molecule has 0 saturated carbocycles. The Morgan fingerprint density at radius 1 is 1.29 bits per heavy atom. The van der Waals surface area contributed by atoms with Gasteiger partial charge in [-0.25, -0.2) is 0 Å². The fraction of sp³-hybridized carbons (Fsp3) is 0.300. The molecule has 94 valence electrons. The van der Waals surface area contributed by atoms with E-state index in [2.05, 4.69) is 4.18 Å². The van der Waals surface area contributed by atoms with E-state index in [1.165, 1.54) is 0 Å². The van der Waals surface area contributed by atoms with Crippen molar-refractivity contribution in [1.29, 1.82) is 0 Å². The number of carbonyl (C=O) groups excluding carboxylic acids is 1. The van der Waals surface area contributed by atoms with Crippen molar-refractivity contribution in [2.75, 3.05) is 18.1 Å². The van der Waals surface area contributed by atoms with Gasteiger partial charge in [-0.15, -0.1) is 0 Å². The molecule has 2 N–H and O–H groups in total. The van der Waals surface area contributed by atoms with Crippen LogP contribution in [0.1, 0.15) is 6.92 Å². The van der Waals surface area contributed by atoms with E-state index in [0.29, 0.717) is 11.4 Å². The normalized spacial score (nSPS) is 10.9. The minimum atomic E-state index is -3.86. The predicted molar refractivity (Wildman–Crippen MR) is 61.9 cm³/mol. The fourth-order valence-electron chi connectivity index (χ4n) is 1.05. The lowest BCUT2D eigenvalue weighted by molar-refractivity contribution is -0.131. The van der Waals surface area contributed by atoms with Crippen LogP contribution in [-0.2, 0) is 19.1 Å². The van der Waals surface area contributed by atoms with E-state index >= 15 is 0 Å². The van der Waals surface area contributed by atoms with Gasteiger partial charge < -0.3 is 14.7 Å². The van der Waals surface area contributed by atoms with Gasteiger partial charge in [-0.2, -0.15) is 8.42 Å². The molecule has 0 aromatic heterocycles. The van der Waals surface area contributed by atoms with Crippen molar-refractivity contribution in [2.24, 2.45) is 0 Å². The highest BCUT2D eigenvalue weighted by Gasteiger charge is 2.14. The van der Waals surface area contributed by atoms with Crippen molar-refractivity contribution < 1.29 is 22.1 Å². The van der Waals surface area contributed by atoms with E-state index in [4.69, 9.17) is 10.5 Å². The average Bonchev–Trinajstić information content (AvgIpc) is 2.18. The lowest BCUT2D eigenvalue weighted by Crippen LogP contribution is -2.18. The number of hydrogen-bond donors (Lipinski definition) is 1. The highest BCUT2D eigenvalue weighted by molar-refractivity contribution is 7.87. The van der Waals surface area contributed by atoms with Gasteiger partial charge in [-0.05, 0) is 24.3 Å². The topological polar surface area (TPSA) is 95.7 Å². The third-order valence-electron chi connectivity index (χ3n) is 1.73. The Hall–Kier alpha value is -1.76. The summed E-state index contributed by atoms with van der Waals surface area (Å²) in [4.78, 5) is 10.5.